The zero-order valence-corrected chi connectivity index (χ0v) is 16.8. The first-order chi connectivity index (χ1) is 13.5. The van der Waals surface area contributed by atoms with Crippen molar-refractivity contribution in [2.45, 2.75) is 0 Å². The van der Waals surface area contributed by atoms with E-state index in [0.29, 0.717) is 27.9 Å². The van der Waals surface area contributed by atoms with Gasteiger partial charge in [-0.3, -0.25) is 5.43 Å². The van der Waals surface area contributed by atoms with Crippen molar-refractivity contribution in [2.24, 2.45) is 5.10 Å². The molecule has 148 valence electrons. The van der Waals surface area contributed by atoms with Crippen molar-refractivity contribution in [3.63, 3.8) is 0 Å². The van der Waals surface area contributed by atoms with E-state index in [1.807, 2.05) is 0 Å². The van der Waals surface area contributed by atoms with Crippen molar-refractivity contribution in [3.05, 3.63) is 47.5 Å². The predicted octanol–water partition coefficient (Wildman–Crippen LogP) is 2.36. The Morgan fingerprint density at radius 2 is 1.61 bits per heavy atom. The number of ether oxygens (including phenoxy) is 4. The summed E-state index contributed by atoms with van der Waals surface area (Å²) in [5, 5.41) is 7.13. The SMILES string of the molecule is CNC(=S)N/N=C\c1ccc(OC(=O)c2ccc(OC)c(OC)c2)c(OC)c1. The van der Waals surface area contributed by atoms with E-state index in [1.165, 1.54) is 21.3 Å². The summed E-state index contributed by atoms with van der Waals surface area (Å²) in [6, 6.07) is 9.81. The molecule has 0 unspecified atom stereocenters. The molecule has 0 bridgehead atoms. The van der Waals surface area contributed by atoms with Gasteiger partial charge in [0.1, 0.15) is 0 Å². The molecule has 28 heavy (non-hydrogen) atoms. The Morgan fingerprint density at radius 1 is 0.964 bits per heavy atom. The van der Waals surface area contributed by atoms with Crippen LogP contribution < -0.4 is 29.7 Å². The number of hydrazone groups is 1. The second-order valence-electron chi connectivity index (χ2n) is 5.32. The molecule has 2 aromatic rings. The number of methoxy groups -OCH3 is 3. The highest BCUT2D eigenvalue weighted by Crippen LogP contribution is 2.31. The lowest BCUT2D eigenvalue weighted by Gasteiger charge is -2.11. The highest BCUT2D eigenvalue weighted by atomic mass is 32.1. The van der Waals surface area contributed by atoms with Crippen LogP contribution in [0.25, 0.3) is 0 Å². The second-order valence-corrected chi connectivity index (χ2v) is 5.73. The number of nitrogens with one attached hydrogen (secondary N) is 2. The molecule has 2 aromatic carbocycles. The minimum Gasteiger partial charge on any atom is -0.493 e. The zero-order valence-electron chi connectivity index (χ0n) is 15.9. The smallest absolute Gasteiger partial charge is 0.343 e. The standard InChI is InChI=1S/C19H21N3O5S/c1-20-19(28)22-21-11-12-5-7-15(16(9-12)25-3)27-18(23)13-6-8-14(24-2)17(10-13)26-4/h5-11H,1-4H3,(H2,20,22,28)/b21-11-. The van der Waals surface area contributed by atoms with Gasteiger partial charge in [-0.15, -0.1) is 0 Å². The normalized spacial score (nSPS) is 10.3. The first kappa shape index (κ1) is 21.0. The van der Waals surface area contributed by atoms with Crippen LogP contribution in [0.1, 0.15) is 15.9 Å². The van der Waals surface area contributed by atoms with Crippen LogP contribution in [0, 0.1) is 0 Å². The maximum absolute atomic E-state index is 12.5. The first-order valence-corrected chi connectivity index (χ1v) is 8.56. The average molecular weight is 403 g/mol. The maximum atomic E-state index is 12.5. The van der Waals surface area contributed by atoms with Gasteiger partial charge in [0.05, 0.1) is 33.1 Å². The van der Waals surface area contributed by atoms with Crippen LogP contribution in [0.4, 0.5) is 0 Å². The van der Waals surface area contributed by atoms with Crippen LogP contribution in [0.15, 0.2) is 41.5 Å². The van der Waals surface area contributed by atoms with E-state index in [-0.39, 0.29) is 5.75 Å². The van der Waals surface area contributed by atoms with Crippen LogP contribution in [0.5, 0.6) is 23.0 Å². The molecule has 2 N–H and O–H groups in total. The van der Waals surface area contributed by atoms with Gasteiger partial charge in [0.2, 0.25) is 0 Å². The number of thiocarbonyl (C=S) groups is 1. The summed E-state index contributed by atoms with van der Waals surface area (Å²) in [6.07, 6.45) is 1.56. The van der Waals surface area contributed by atoms with Gasteiger partial charge in [0.25, 0.3) is 0 Å². The largest absolute Gasteiger partial charge is 0.493 e. The Morgan fingerprint density at radius 3 is 2.25 bits per heavy atom. The second kappa shape index (κ2) is 10.1. The molecule has 0 fully saturated rings. The third kappa shape index (κ3) is 5.34. The molecule has 0 saturated heterocycles. The fourth-order valence-electron chi connectivity index (χ4n) is 2.19. The number of rotatable bonds is 7. The van der Waals surface area contributed by atoms with Gasteiger partial charge in [-0.1, -0.05) is 0 Å². The van der Waals surface area contributed by atoms with Crippen LogP contribution in [-0.4, -0.2) is 45.7 Å². The van der Waals surface area contributed by atoms with Gasteiger partial charge in [0, 0.05) is 7.05 Å². The highest BCUT2D eigenvalue weighted by Gasteiger charge is 2.15. The van der Waals surface area contributed by atoms with Crippen molar-refractivity contribution >= 4 is 29.5 Å². The number of carbonyl (C=O) groups excluding carboxylic acids is 1. The molecule has 0 saturated carbocycles. The molecule has 0 spiro atoms. The Bertz CT molecular complexity index is 886. The van der Waals surface area contributed by atoms with Gasteiger partial charge >= 0.3 is 5.97 Å². The summed E-state index contributed by atoms with van der Waals surface area (Å²) in [4.78, 5) is 12.5. The maximum Gasteiger partial charge on any atom is 0.343 e. The number of hydrogen-bond donors (Lipinski definition) is 2. The van der Waals surface area contributed by atoms with Gasteiger partial charge < -0.3 is 24.3 Å². The van der Waals surface area contributed by atoms with Crippen LogP contribution in [0.2, 0.25) is 0 Å². The number of nitrogens with zero attached hydrogens (tertiary/aromatic N) is 1. The summed E-state index contributed by atoms with van der Waals surface area (Å²) in [7, 11) is 6.19. The average Bonchev–Trinajstić information content (AvgIpc) is 2.73. The third-order valence-corrected chi connectivity index (χ3v) is 3.91. The minimum atomic E-state index is -0.554. The lowest BCUT2D eigenvalue weighted by atomic mass is 10.2. The Balaban J connectivity index is 2.17. The zero-order chi connectivity index (χ0) is 20.5. The summed E-state index contributed by atoms with van der Waals surface area (Å²) in [5.41, 5.74) is 3.69. The van der Waals surface area contributed by atoms with Crippen LogP contribution in [0.3, 0.4) is 0 Å². The van der Waals surface area contributed by atoms with Crippen molar-refractivity contribution in [2.75, 3.05) is 28.4 Å². The minimum absolute atomic E-state index is 0.276. The fraction of sp³-hybridized carbons (Fsp3) is 0.211. The number of hydrogen-bond acceptors (Lipinski definition) is 7. The number of esters is 1. The molecule has 9 heteroatoms. The highest BCUT2D eigenvalue weighted by molar-refractivity contribution is 7.80. The van der Waals surface area contributed by atoms with Crippen molar-refractivity contribution in [3.8, 4) is 23.0 Å². The van der Waals surface area contributed by atoms with Crippen molar-refractivity contribution in [1.29, 1.82) is 0 Å². The van der Waals surface area contributed by atoms with E-state index >= 15 is 0 Å². The molecule has 2 rings (SSSR count). The molecule has 0 aliphatic heterocycles. The summed E-state index contributed by atoms with van der Waals surface area (Å²) >= 11 is 4.93. The third-order valence-electron chi connectivity index (χ3n) is 3.62. The summed E-state index contributed by atoms with van der Waals surface area (Å²) in [6.45, 7) is 0. The number of benzene rings is 2. The van der Waals surface area contributed by atoms with Crippen molar-refractivity contribution in [1.82, 2.24) is 10.7 Å². The van der Waals surface area contributed by atoms with Gasteiger partial charge in [-0.2, -0.15) is 5.10 Å². The molecule has 0 amide bonds. The molecule has 0 atom stereocenters. The molecular formula is C19H21N3O5S. The Hall–Kier alpha value is -3.33. The van der Waals surface area contributed by atoms with E-state index < -0.39 is 5.97 Å². The molecular weight excluding hydrogens is 382 g/mol. The van der Waals surface area contributed by atoms with Gasteiger partial charge in [-0.25, -0.2) is 4.79 Å². The monoisotopic (exact) mass is 403 g/mol. The van der Waals surface area contributed by atoms with Gasteiger partial charge in [0.15, 0.2) is 28.1 Å². The molecule has 0 aromatic heterocycles. The Labute approximate surface area is 168 Å². The molecule has 0 aliphatic rings. The van der Waals surface area contributed by atoms with E-state index in [4.69, 9.17) is 31.2 Å². The van der Waals surface area contributed by atoms with E-state index in [2.05, 4.69) is 15.8 Å². The summed E-state index contributed by atoms with van der Waals surface area (Å²) in [5.74, 6) is 1.06. The Kier molecular flexibility index (Phi) is 7.58. The van der Waals surface area contributed by atoms with Crippen LogP contribution >= 0.6 is 12.2 Å². The van der Waals surface area contributed by atoms with E-state index in [0.717, 1.165) is 5.56 Å². The predicted molar refractivity (Wildman–Crippen MR) is 110 cm³/mol. The molecule has 0 aliphatic carbocycles. The lowest BCUT2D eigenvalue weighted by molar-refractivity contribution is 0.0729. The van der Waals surface area contributed by atoms with Crippen molar-refractivity contribution < 1.29 is 23.7 Å². The van der Waals surface area contributed by atoms with E-state index in [9.17, 15) is 4.79 Å². The molecule has 0 radical (unpaired) electrons. The first-order valence-electron chi connectivity index (χ1n) is 8.15. The fourth-order valence-corrected chi connectivity index (χ4v) is 2.24. The molecule has 8 nitrogen and oxygen atoms in total. The molecule has 0 heterocycles. The topological polar surface area (TPSA) is 90.4 Å². The van der Waals surface area contributed by atoms with E-state index in [1.54, 1.807) is 49.7 Å². The number of carbonyl (C=O) groups is 1. The lowest BCUT2D eigenvalue weighted by Crippen LogP contribution is -2.28. The summed E-state index contributed by atoms with van der Waals surface area (Å²) < 4.78 is 21.1. The van der Waals surface area contributed by atoms with Gasteiger partial charge in [-0.05, 0) is 54.2 Å². The van der Waals surface area contributed by atoms with Crippen LogP contribution in [-0.2, 0) is 0 Å². The quantitative estimate of drug-likeness (QED) is 0.239.